The van der Waals surface area contributed by atoms with Crippen LogP contribution in [-0.2, 0) is 14.3 Å². The van der Waals surface area contributed by atoms with Crippen molar-refractivity contribution in [3.8, 4) is 0 Å². The maximum Gasteiger partial charge on any atom is 0.345 e. The largest absolute Gasteiger partial charge is 0.481 e. The van der Waals surface area contributed by atoms with Crippen LogP contribution < -0.4 is 0 Å². The van der Waals surface area contributed by atoms with Crippen molar-refractivity contribution < 1.29 is 19.4 Å². The molecule has 3 atom stereocenters. The first kappa shape index (κ1) is 23.0. The zero-order valence-corrected chi connectivity index (χ0v) is 17.3. The Morgan fingerprint density at radius 3 is 2.09 bits per heavy atom. The van der Waals surface area contributed by atoms with Crippen LogP contribution in [0.3, 0.4) is 0 Å². The highest BCUT2D eigenvalue weighted by molar-refractivity contribution is 7.65. The second-order valence-electron chi connectivity index (χ2n) is 5.75. The number of esters is 1. The van der Waals surface area contributed by atoms with E-state index in [9.17, 15) is 9.59 Å². The number of halogens is 3. The maximum absolute atomic E-state index is 12.5. The van der Waals surface area contributed by atoms with Crippen LogP contribution in [0.25, 0.3) is 0 Å². The Bertz CT molecular complexity index is 374. The number of carboxylic acids is 1. The van der Waals surface area contributed by atoms with Gasteiger partial charge in [0.1, 0.15) is 6.10 Å². The van der Waals surface area contributed by atoms with Gasteiger partial charge in [0, 0.05) is 5.54 Å². The Balaban J connectivity index is 5.14. The number of carboxylic acid groups (broad SMARTS) is 1. The van der Waals surface area contributed by atoms with Crippen LogP contribution in [0.5, 0.6) is 0 Å². The molecule has 1 N–H and O–H groups in total. The first-order valence-electron chi connectivity index (χ1n) is 8.16. The van der Waals surface area contributed by atoms with Gasteiger partial charge in [-0.05, 0) is 12.8 Å². The molecule has 0 amide bonds. The molecule has 136 valence electrons. The van der Waals surface area contributed by atoms with Crippen LogP contribution in [-0.4, -0.2) is 29.2 Å². The molecule has 0 aromatic carbocycles. The molecule has 4 nitrogen and oxygen atoms in total. The summed E-state index contributed by atoms with van der Waals surface area (Å²) in [5.74, 6) is -2.54. The zero-order valence-electron chi connectivity index (χ0n) is 14.0. The highest BCUT2D eigenvalue weighted by atomic mass is 35.8. The van der Waals surface area contributed by atoms with E-state index in [2.05, 4.69) is 6.92 Å². The van der Waals surface area contributed by atoms with E-state index in [1.165, 1.54) is 0 Å². The average Bonchev–Trinajstić information content (AvgIpc) is 2.42. The minimum absolute atomic E-state index is 0.196. The van der Waals surface area contributed by atoms with E-state index in [0.29, 0.717) is 6.42 Å². The van der Waals surface area contributed by atoms with Gasteiger partial charge < -0.3 is 9.84 Å². The van der Waals surface area contributed by atoms with Gasteiger partial charge in [0.15, 0.2) is 0 Å². The van der Waals surface area contributed by atoms with Gasteiger partial charge in [-0.1, -0.05) is 46.5 Å². The van der Waals surface area contributed by atoms with E-state index in [1.54, 1.807) is 6.92 Å². The molecule has 23 heavy (non-hydrogen) atoms. The normalized spacial score (nSPS) is 15.7. The molecular weight excluding hydrogens is 379 g/mol. The first-order chi connectivity index (χ1) is 10.7. The van der Waals surface area contributed by atoms with Crippen molar-refractivity contribution in [2.24, 2.45) is 5.92 Å². The van der Waals surface area contributed by atoms with Crippen molar-refractivity contribution in [1.29, 1.82) is 0 Å². The summed E-state index contributed by atoms with van der Waals surface area (Å²) in [6.45, 7) is 5.88. The predicted octanol–water partition coefficient (Wildman–Crippen LogP) is 5.41. The Labute approximate surface area is 153 Å². The molecule has 0 bridgehead atoms. The van der Waals surface area contributed by atoms with Gasteiger partial charge in [0.05, 0.1) is 12.3 Å². The van der Waals surface area contributed by atoms with E-state index < -0.39 is 29.4 Å². The number of unbranched alkanes of at least 4 members (excludes halogenated alkanes) is 1. The summed E-state index contributed by atoms with van der Waals surface area (Å²) in [6, 6.07) is -3.22. The highest BCUT2D eigenvalue weighted by Crippen LogP contribution is 2.43. The topological polar surface area (TPSA) is 63.6 Å². The lowest BCUT2D eigenvalue weighted by molar-refractivity contribution is -0.158. The molecule has 0 rings (SSSR count). The monoisotopic (exact) mass is 404 g/mol. The lowest BCUT2D eigenvalue weighted by atomic mass is 9.98. The smallest absolute Gasteiger partial charge is 0.345 e. The number of ether oxygens (including phenoxy) is 1. The third-order valence-electron chi connectivity index (χ3n) is 3.82. The van der Waals surface area contributed by atoms with Gasteiger partial charge in [-0.25, -0.2) is 0 Å². The van der Waals surface area contributed by atoms with Gasteiger partial charge in [0.2, 0.25) is 0 Å². The van der Waals surface area contributed by atoms with Gasteiger partial charge in [-0.15, -0.1) is 33.2 Å². The number of rotatable bonds is 12. The molecule has 0 aromatic heterocycles. The third kappa shape index (κ3) is 9.18. The number of carbonyl (C=O) groups excluding carboxylic acids is 1. The van der Waals surface area contributed by atoms with E-state index >= 15 is 0 Å². The fourth-order valence-corrected chi connectivity index (χ4v) is 6.52. The van der Waals surface area contributed by atoms with Crippen LogP contribution in [0.4, 0.5) is 0 Å². The molecule has 8 heteroatoms. The van der Waals surface area contributed by atoms with Crippen LogP contribution in [0, 0.1) is 5.92 Å². The molecule has 0 saturated heterocycles. The Kier molecular flexibility index (Phi) is 11.6. The van der Waals surface area contributed by atoms with Crippen LogP contribution in [0.1, 0.15) is 65.7 Å². The molecule has 0 radical (unpaired) electrons. The summed E-state index contributed by atoms with van der Waals surface area (Å²) in [7, 11) is 0. The quantitative estimate of drug-likeness (QED) is 0.268. The molecule has 0 saturated carbocycles. The second kappa shape index (κ2) is 11.6. The summed E-state index contributed by atoms with van der Waals surface area (Å²) in [4.78, 5) is 23.7. The molecule has 0 fully saturated rings. The highest BCUT2D eigenvalue weighted by Gasteiger charge is 2.45. The molecule has 0 aromatic rings. The van der Waals surface area contributed by atoms with Crippen molar-refractivity contribution in [2.75, 3.05) is 0 Å². The van der Waals surface area contributed by atoms with Crippen LogP contribution in [0.15, 0.2) is 0 Å². The summed E-state index contributed by atoms with van der Waals surface area (Å²) >= 11 is 18.2. The molecule has 0 aliphatic heterocycles. The number of hydrogen-bond acceptors (Lipinski definition) is 3. The van der Waals surface area contributed by atoms with Crippen molar-refractivity contribution in [2.45, 2.75) is 77.4 Å². The average molecular weight is 406 g/mol. The third-order valence-corrected chi connectivity index (χ3v) is 7.99. The van der Waals surface area contributed by atoms with Crippen molar-refractivity contribution in [3.05, 3.63) is 0 Å². The lowest BCUT2D eigenvalue weighted by Gasteiger charge is -2.29. The van der Waals surface area contributed by atoms with Crippen LogP contribution in [0.2, 0.25) is 5.54 Å². The second-order valence-corrected chi connectivity index (χ2v) is 14.7. The lowest BCUT2D eigenvalue weighted by Crippen LogP contribution is -2.35. The summed E-state index contributed by atoms with van der Waals surface area (Å²) in [5.41, 5.74) is -0.565. The Hall–Kier alpha value is 0.0269. The van der Waals surface area contributed by atoms with Crippen molar-refractivity contribution in [3.63, 3.8) is 0 Å². The zero-order chi connectivity index (χ0) is 18.0. The van der Waals surface area contributed by atoms with Gasteiger partial charge in [-0.3, -0.25) is 9.59 Å². The van der Waals surface area contributed by atoms with Gasteiger partial charge >= 0.3 is 17.9 Å². The molecular formula is C15H27Cl3O4Si. The summed E-state index contributed by atoms with van der Waals surface area (Å²) < 4.78 is 5.58. The number of hydrogen-bond donors (Lipinski definition) is 1. The van der Waals surface area contributed by atoms with E-state index in [4.69, 9.17) is 43.1 Å². The molecule has 3 unspecified atom stereocenters. The first-order valence-corrected chi connectivity index (χ1v) is 13.3. The van der Waals surface area contributed by atoms with Crippen molar-refractivity contribution in [1.82, 2.24) is 0 Å². The van der Waals surface area contributed by atoms with Gasteiger partial charge in [-0.2, -0.15) is 0 Å². The molecule has 0 aliphatic rings. The minimum Gasteiger partial charge on any atom is -0.481 e. The fourth-order valence-electron chi connectivity index (χ4n) is 2.59. The summed E-state index contributed by atoms with van der Waals surface area (Å²) in [6.07, 6.45) is 4.26. The number of aliphatic carboxylic acids is 1. The summed E-state index contributed by atoms with van der Waals surface area (Å²) in [5, 5.41) is 9.10. The predicted molar refractivity (Wildman–Crippen MR) is 97.4 cm³/mol. The van der Waals surface area contributed by atoms with Crippen LogP contribution >= 0.6 is 33.2 Å². The minimum atomic E-state index is -3.22. The maximum atomic E-state index is 12.5. The van der Waals surface area contributed by atoms with E-state index in [-0.39, 0.29) is 12.5 Å². The molecule has 0 heterocycles. The fraction of sp³-hybridized carbons (Fsp3) is 0.867. The van der Waals surface area contributed by atoms with E-state index in [1.807, 2.05) is 6.92 Å². The SMILES string of the molecule is CCCCC(CCC)OC(=O)C(CC(=O)O)C(CC)[Si](Cl)(Cl)Cl. The molecule has 0 spiro atoms. The standard InChI is InChI=1S/C15H27Cl3O4Si/c1-4-7-9-11(8-5-2)22-15(21)12(10-14(19)20)13(6-3)23(16,17)18/h11-13H,4-10H2,1-3H3,(H,19,20). The van der Waals surface area contributed by atoms with Gasteiger partial charge in [0.25, 0.3) is 0 Å². The van der Waals surface area contributed by atoms with Crippen molar-refractivity contribution >= 4 is 51.2 Å². The Morgan fingerprint density at radius 2 is 1.70 bits per heavy atom. The molecule has 0 aliphatic carbocycles. The Morgan fingerprint density at radius 1 is 1.09 bits per heavy atom. The number of carbonyl (C=O) groups is 2. The van der Waals surface area contributed by atoms with E-state index in [0.717, 1.165) is 32.1 Å².